The zero-order chi connectivity index (χ0) is 57.6. The molecule has 0 aromatic heterocycles. The number of hydrogen-bond acceptors (Lipinski definition) is 12. The van der Waals surface area contributed by atoms with Gasteiger partial charge in [-0.1, -0.05) is 34.8 Å². The Labute approximate surface area is 484 Å². The second-order valence-corrected chi connectivity index (χ2v) is 30.1. The van der Waals surface area contributed by atoms with E-state index < -0.39 is 5.97 Å². The molecule has 8 aliphatic rings. The molecule has 13 heteroatoms. The first kappa shape index (κ1) is 70.9. The zero-order valence-corrected chi connectivity index (χ0v) is 54.1. The van der Waals surface area contributed by atoms with E-state index in [0.29, 0.717) is 45.9 Å². The molecule has 3 atom stereocenters. The molecule has 8 heterocycles. The number of carboxylic acid groups (broad SMARTS) is 1. The van der Waals surface area contributed by atoms with Gasteiger partial charge in [-0.25, -0.2) is 0 Å². The summed E-state index contributed by atoms with van der Waals surface area (Å²) in [6.07, 6.45) is 12.4. The van der Waals surface area contributed by atoms with Gasteiger partial charge in [-0.05, 0) is 238 Å². The smallest absolute Gasteiger partial charge is 0.320 e. The fraction of sp³-hybridized carbons (Fsp3) is 0.954. The summed E-state index contributed by atoms with van der Waals surface area (Å²) >= 11 is 0. The largest absolute Gasteiger partial charge is 0.512 e. The second kappa shape index (κ2) is 31.5. The number of hydrogen-bond donors (Lipinski definition) is 2. The molecule has 0 amide bonds. The summed E-state index contributed by atoms with van der Waals surface area (Å²) < 4.78 is 0. The molecule has 0 aromatic carbocycles. The van der Waals surface area contributed by atoms with Gasteiger partial charge < -0.3 is 24.9 Å². The molecule has 0 bridgehead atoms. The van der Waals surface area contributed by atoms with Crippen LogP contribution in [-0.2, 0) is 4.79 Å². The number of carboxylic acids is 1. The first-order chi connectivity index (χ1) is 35.8. The molecule has 3 unspecified atom stereocenters. The predicted molar refractivity (Wildman–Crippen MR) is 335 cm³/mol. The number of nitrogens with zero attached hydrogens (tertiary/aromatic N) is 10. The molecule has 1 spiro atoms. The number of fused-ring (bicyclic) bond motifs is 1. The molecule has 0 saturated carbocycles. The Morgan fingerprint density at radius 2 is 0.833 bits per heavy atom. The first-order valence-corrected chi connectivity index (χ1v) is 31.8. The van der Waals surface area contributed by atoms with Crippen molar-refractivity contribution in [3.8, 4) is 0 Å². The number of aliphatic carboxylic acids is 1. The number of likely N-dealkylation sites (tertiary alicyclic amines) is 6. The molecule has 8 fully saturated rings. The zero-order valence-electron chi connectivity index (χ0n) is 54.1. The van der Waals surface area contributed by atoms with Crippen molar-refractivity contribution in [2.45, 2.75) is 236 Å². The van der Waals surface area contributed by atoms with Crippen LogP contribution in [0.25, 0.3) is 0 Å². The van der Waals surface area contributed by atoms with Gasteiger partial charge in [0, 0.05) is 125 Å². The molecule has 13 nitrogen and oxygen atoms in total. The maximum atomic E-state index is 11.2. The molecule has 8 saturated heterocycles. The average Bonchev–Trinajstić information content (AvgIpc) is 4.09. The molecule has 8 rings (SSSR count). The lowest BCUT2D eigenvalue weighted by Crippen LogP contribution is -2.53. The minimum atomic E-state index is -0.634. The SMILES string of the molecule is C.C=C(O)CN1CC2CN(C(C)(C)C)CC2C1.CC(C)(C)N1CCC(N2CCCC2C(=O)O)CC1.CCCN1CCN(C(C)(C)C)CC1.CCCN1CCN(C(C)(C)C)CC1.CCN1CCC2(CC1)CCN(C(C)(C)C)CC2. The fourth-order valence-corrected chi connectivity index (χ4v) is 13.8. The van der Waals surface area contributed by atoms with Gasteiger partial charge in [-0.3, -0.25) is 39.1 Å². The summed E-state index contributed by atoms with van der Waals surface area (Å²) in [6.45, 7) is 72.5. The van der Waals surface area contributed by atoms with Crippen LogP contribution >= 0.6 is 0 Å². The van der Waals surface area contributed by atoms with E-state index in [-0.39, 0.29) is 19.0 Å². The van der Waals surface area contributed by atoms with Crippen LogP contribution in [0.15, 0.2) is 12.3 Å². The first-order valence-electron chi connectivity index (χ1n) is 31.8. The predicted octanol–water partition coefficient (Wildman–Crippen LogP) is 10.8. The number of aliphatic hydroxyl groups excluding tert-OH is 1. The van der Waals surface area contributed by atoms with E-state index in [1.165, 1.54) is 150 Å². The normalized spacial score (nSPS) is 26.6. The highest BCUT2D eigenvalue weighted by Crippen LogP contribution is 2.42. The highest BCUT2D eigenvalue weighted by atomic mass is 16.4. The van der Waals surface area contributed by atoms with Gasteiger partial charge in [0.25, 0.3) is 0 Å². The third kappa shape index (κ3) is 23.0. The van der Waals surface area contributed by atoms with E-state index in [2.05, 4.69) is 180 Å². The standard InChI is InChI=1S/C15H30N2.C14H26N2O2.C13H24N2O.2C11H24N2.CH4/c1-5-16-10-6-15(7-11-16)8-12-17(13-9-15)14(2,3)4;1-14(2,3)15-9-6-11(7-10-15)16-8-4-5-12(16)13(17)18;1-10(16)5-14-6-11-8-15(13(2,3)4)9-12(11)7-14;2*1-5-6-12-7-9-13(10-8-12)11(2,3)4;/h5-13H2,1-4H3;11-12H,4-10H2,1-3H3,(H,17,18);11-12,16H,1,5-9H2,2-4H3;2*5-10H2,1-4H3;1H4. The fourth-order valence-electron chi connectivity index (χ4n) is 13.8. The van der Waals surface area contributed by atoms with E-state index in [9.17, 15) is 15.0 Å². The second-order valence-electron chi connectivity index (χ2n) is 30.1. The van der Waals surface area contributed by atoms with Gasteiger partial charge in [0.15, 0.2) is 0 Å². The summed E-state index contributed by atoms with van der Waals surface area (Å²) in [6, 6.07) is 0.253. The third-order valence-electron chi connectivity index (χ3n) is 19.2. The topological polar surface area (TPSA) is 89.9 Å². The lowest BCUT2D eigenvalue weighted by Gasteiger charge is -2.49. The monoisotopic (exact) mass is 1100 g/mol. The summed E-state index contributed by atoms with van der Waals surface area (Å²) in [5, 5.41) is 18.5. The van der Waals surface area contributed by atoms with Gasteiger partial charge in [-0.15, -0.1) is 0 Å². The third-order valence-corrected chi connectivity index (χ3v) is 19.2. The molecular formula is C65H132N10O3. The minimum absolute atomic E-state index is 0. The van der Waals surface area contributed by atoms with Crippen molar-refractivity contribution in [1.82, 2.24) is 49.0 Å². The number of carbonyl (C=O) groups is 1. The number of aliphatic hydroxyl groups is 1. The van der Waals surface area contributed by atoms with Crippen molar-refractivity contribution in [1.29, 1.82) is 0 Å². The van der Waals surface area contributed by atoms with Crippen molar-refractivity contribution in [3.63, 3.8) is 0 Å². The van der Waals surface area contributed by atoms with E-state index in [0.717, 1.165) is 70.2 Å². The molecule has 460 valence electrons. The molecule has 2 N–H and O–H groups in total. The van der Waals surface area contributed by atoms with Crippen LogP contribution in [0.2, 0.25) is 0 Å². The van der Waals surface area contributed by atoms with Crippen LogP contribution in [0.3, 0.4) is 0 Å². The van der Waals surface area contributed by atoms with Gasteiger partial charge >= 0.3 is 5.97 Å². The van der Waals surface area contributed by atoms with Gasteiger partial charge in [0.1, 0.15) is 6.04 Å². The highest BCUT2D eigenvalue weighted by molar-refractivity contribution is 5.73. The van der Waals surface area contributed by atoms with Crippen molar-refractivity contribution < 1.29 is 15.0 Å². The summed E-state index contributed by atoms with van der Waals surface area (Å²) in [4.78, 5) is 36.5. The number of piperidine rings is 3. The molecule has 8 aliphatic heterocycles. The van der Waals surface area contributed by atoms with Crippen LogP contribution in [0.4, 0.5) is 0 Å². The van der Waals surface area contributed by atoms with Crippen LogP contribution in [-0.4, -0.2) is 255 Å². The van der Waals surface area contributed by atoms with Gasteiger partial charge in [0.2, 0.25) is 0 Å². The molecule has 78 heavy (non-hydrogen) atoms. The average molecular weight is 1100 g/mol. The lowest BCUT2D eigenvalue weighted by atomic mass is 9.70. The molecular weight excluding hydrogens is 969 g/mol. The Kier molecular flexibility index (Phi) is 28.6. The number of piperazine rings is 2. The summed E-state index contributed by atoms with van der Waals surface area (Å²) in [7, 11) is 0. The van der Waals surface area contributed by atoms with Gasteiger partial charge in [-0.2, -0.15) is 0 Å². The van der Waals surface area contributed by atoms with Crippen LogP contribution in [0.1, 0.15) is 196 Å². The van der Waals surface area contributed by atoms with Crippen molar-refractivity contribution in [2.24, 2.45) is 17.3 Å². The Bertz CT molecular complexity index is 1620. The maximum absolute atomic E-state index is 11.2. The molecule has 0 aromatic rings. The quantitative estimate of drug-likeness (QED) is 0.215. The van der Waals surface area contributed by atoms with Gasteiger partial charge in [0.05, 0.1) is 12.3 Å². The summed E-state index contributed by atoms with van der Waals surface area (Å²) in [5.41, 5.74) is 2.33. The van der Waals surface area contributed by atoms with Crippen LogP contribution in [0.5, 0.6) is 0 Å². The van der Waals surface area contributed by atoms with Crippen molar-refractivity contribution in [3.05, 3.63) is 12.3 Å². The lowest BCUT2D eigenvalue weighted by molar-refractivity contribution is -0.143. The Balaban J connectivity index is 0.000000257. The Morgan fingerprint density at radius 1 is 0.462 bits per heavy atom. The maximum Gasteiger partial charge on any atom is 0.320 e. The number of rotatable bonds is 9. The summed E-state index contributed by atoms with van der Waals surface area (Å²) in [5.74, 6) is 1.25. The van der Waals surface area contributed by atoms with Crippen LogP contribution in [0, 0.1) is 17.3 Å². The molecule has 0 aliphatic carbocycles. The Morgan fingerprint density at radius 3 is 1.18 bits per heavy atom. The van der Waals surface area contributed by atoms with E-state index in [4.69, 9.17) is 0 Å². The van der Waals surface area contributed by atoms with Crippen LogP contribution < -0.4 is 0 Å². The van der Waals surface area contributed by atoms with Crippen molar-refractivity contribution in [2.75, 3.05) is 151 Å². The van der Waals surface area contributed by atoms with E-state index >= 15 is 0 Å². The Hall–Kier alpha value is -1.39. The molecule has 0 radical (unpaired) electrons. The highest BCUT2D eigenvalue weighted by Gasteiger charge is 2.44. The minimum Gasteiger partial charge on any atom is -0.512 e. The van der Waals surface area contributed by atoms with E-state index in [1.54, 1.807) is 0 Å². The van der Waals surface area contributed by atoms with Crippen molar-refractivity contribution >= 4 is 5.97 Å². The van der Waals surface area contributed by atoms with E-state index in [1.807, 2.05) is 0 Å².